The van der Waals surface area contributed by atoms with Crippen LogP contribution < -0.4 is 20.1 Å². The van der Waals surface area contributed by atoms with Gasteiger partial charge in [0.25, 0.3) is 0 Å². The molecule has 0 aliphatic carbocycles. The van der Waals surface area contributed by atoms with E-state index < -0.39 is 0 Å². The van der Waals surface area contributed by atoms with Crippen molar-refractivity contribution in [3.8, 4) is 11.5 Å². The van der Waals surface area contributed by atoms with Gasteiger partial charge >= 0.3 is 0 Å². The highest BCUT2D eigenvalue weighted by Crippen LogP contribution is 2.27. The summed E-state index contributed by atoms with van der Waals surface area (Å²) in [6.45, 7) is 1.43. The van der Waals surface area contributed by atoms with Gasteiger partial charge in [-0.15, -0.1) is 0 Å². The first-order chi connectivity index (χ1) is 9.21. The van der Waals surface area contributed by atoms with Crippen LogP contribution >= 0.6 is 0 Å². The molecular weight excluding hydrogens is 244 g/mol. The number of rotatable bonds is 8. The van der Waals surface area contributed by atoms with Crippen LogP contribution in [0.1, 0.15) is 12.0 Å². The van der Waals surface area contributed by atoms with Gasteiger partial charge in [0.15, 0.2) is 11.5 Å². The van der Waals surface area contributed by atoms with Crippen molar-refractivity contribution in [3.63, 3.8) is 0 Å². The first-order valence-electron chi connectivity index (χ1n) is 6.33. The van der Waals surface area contributed by atoms with Crippen molar-refractivity contribution in [1.29, 1.82) is 0 Å². The van der Waals surface area contributed by atoms with E-state index in [1.165, 1.54) is 0 Å². The predicted molar refractivity (Wildman–Crippen MR) is 74.8 cm³/mol. The Morgan fingerprint density at radius 3 is 2.53 bits per heavy atom. The fourth-order valence-corrected chi connectivity index (χ4v) is 1.71. The van der Waals surface area contributed by atoms with E-state index in [9.17, 15) is 4.79 Å². The van der Waals surface area contributed by atoms with Crippen LogP contribution in [0.4, 0.5) is 0 Å². The Labute approximate surface area is 114 Å². The first kappa shape index (κ1) is 15.3. The number of likely N-dealkylation sites (N-methyl/N-ethyl adjacent to an activating group) is 1. The van der Waals surface area contributed by atoms with E-state index in [0.29, 0.717) is 30.9 Å². The van der Waals surface area contributed by atoms with Gasteiger partial charge in [-0.05, 0) is 31.2 Å². The van der Waals surface area contributed by atoms with Crippen LogP contribution in [0.25, 0.3) is 0 Å². The van der Waals surface area contributed by atoms with E-state index >= 15 is 0 Å². The summed E-state index contributed by atoms with van der Waals surface area (Å²) < 4.78 is 10.4. The monoisotopic (exact) mass is 266 g/mol. The maximum Gasteiger partial charge on any atom is 0.220 e. The Morgan fingerprint density at radius 1 is 1.16 bits per heavy atom. The lowest BCUT2D eigenvalue weighted by Gasteiger charge is -2.09. The number of carbonyl (C=O) groups is 1. The number of ether oxygens (including phenoxy) is 2. The first-order valence-corrected chi connectivity index (χ1v) is 6.33. The van der Waals surface area contributed by atoms with Crippen molar-refractivity contribution in [3.05, 3.63) is 23.8 Å². The van der Waals surface area contributed by atoms with E-state index in [1.807, 2.05) is 25.2 Å². The molecule has 0 bridgehead atoms. The summed E-state index contributed by atoms with van der Waals surface area (Å²) in [5.74, 6) is 1.45. The Morgan fingerprint density at radius 2 is 1.89 bits per heavy atom. The molecule has 0 radical (unpaired) electrons. The smallest absolute Gasteiger partial charge is 0.220 e. The topological polar surface area (TPSA) is 59.6 Å². The Balaban J connectivity index is 2.47. The lowest BCUT2D eigenvalue weighted by Crippen LogP contribution is -2.30. The lowest BCUT2D eigenvalue weighted by atomic mass is 10.1. The van der Waals surface area contributed by atoms with Crippen molar-refractivity contribution in [2.45, 2.75) is 12.8 Å². The molecule has 0 heterocycles. The van der Waals surface area contributed by atoms with E-state index in [1.54, 1.807) is 14.2 Å². The molecule has 0 atom stereocenters. The molecule has 1 amide bonds. The number of hydrogen-bond acceptors (Lipinski definition) is 4. The second-order valence-electron chi connectivity index (χ2n) is 4.14. The molecule has 0 spiro atoms. The van der Waals surface area contributed by atoms with Crippen LogP contribution in [0, 0.1) is 0 Å². The molecule has 5 nitrogen and oxygen atoms in total. The van der Waals surface area contributed by atoms with Crippen molar-refractivity contribution >= 4 is 5.91 Å². The summed E-state index contributed by atoms with van der Waals surface area (Å²) in [6.07, 6.45) is 1.16. The number of methoxy groups -OCH3 is 2. The summed E-state index contributed by atoms with van der Waals surface area (Å²) in [4.78, 5) is 11.6. The van der Waals surface area contributed by atoms with E-state index in [4.69, 9.17) is 9.47 Å². The summed E-state index contributed by atoms with van der Waals surface area (Å²) in [6, 6.07) is 5.70. The van der Waals surface area contributed by atoms with Crippen molar-refractivity contribution in [2.24, 2.45) is 0 Å². The third kappa shape index (κ3) is 5.18. The minimum Gasteiger partial charge on any atom is -0.493 e. The van der Waals surface area contributed by atoms with Gasteiger partial charge in [0.2, 0.25) is 5.91 Å². The van der Waals surface area contributed by atoms with Crippen molar-refractivity contribution < 1.29 is 14.3 Å². The average molecular weight is 266 g/mol. The molecular formula is C14H22N2O3. The zero-order chi connectivity index (χ0) is 14.1. The number of carbonyl (C=O) groups excluding carboxylic acids is 1. The zero-order valence-corrected chi connectivity index (χ0v) is 11.8. The number of benzene rings is 1. The molecule has 0 saturated heterocycles. The highest BCUT2D eigenvalue weighted by atomic mass is 16.5. The second-order valence-corrected chi connectivity index (χ2v) is 4.14. The highest BCUT2D eigenvalue weighted by Gasteiger charge is 2.06. The minimum absolute atomic E-state index is 0.0602. The lowest BCUT2D eigenvalue weighted by molar-refractivity contribution is -0.121. The van der Waals surface area contributed by atoms with Gasteiger partial charge in [0, 0.05) is 19.5 Å². The van der Waals surface area contributed by atoms with Crippen LogP contribution in [-0.2, 0) is 11.2 Å². The molecule has 1 aromatic carbocycles. The molecule has 0 aliphatic rings. The standard InChI is InChI=1S/C14H22N2O3/c1-15-8-9-16-14(17)7-5-11-4-6-12(18-2)13(10-11)19-3/h4,6,10,15H,5,7-9H2,1-3H3,(H,16,17). The van der Waals surface area contributed by atoms with Gasteiger partial charge in [0.1, 0.15) is 0 Å². The quantitative estimate of drug-likeness (QED) is 0.688. The molecule has 1 aromatic rings. The average Bonchev–Trinajstić information content (AvgIpc) is 2.45. The summed E-state index contributed by atoms with van der Waals surface area (Å²) >= 11 is 0. The molecule has 1 rings (SSSR count). The largest absolute Gasteiger partial charge is 0.493 e. The molecule has 0 unspecified atom stereocenters. The van der Waals surface area contributed by atoms with Crippen molar-refractivity contribution in [2.75, 3.05) is 34.4 Å². The molecule has 0 saturated carbocycles. The molecule has 0 aromatic heterocycles. The van der Waals surface area contributed by atoms with E-state index in [0.717, 1.165) is 12.1 Å². The van der Waals surface area contributed by atoms with Gasteiger partial charge in [-0.1, -0.05) is 6.07 Å². The normalized spacial score (nSPS) is 10.1. The predicted octanol–water partition coefficient (Wildman–Crippen LogP) is 0.972. The van der Waals surface area contributed by atoms with Crippen LogP contribution in [0.2, 0.25) is 0 Å². The molecule has 106 valence electrons. The number of nitrogens with one attached hydrogen (secondary N) is 2. The van der Waals surface area contributed by atoms with Crippen LogP contribution in [0.15, 0.2) is 18.2 Å². The molecule has 2 N–H and O–H groups in total. The maximum absolute atomic E-state index is 11.6. The summed E-state index contributed by atoms with van der Waals surface area (Å²) in [5.41, 5.74) is 1.06. The summed E-state index contributed by atoms with van der Waals surface area (Å²) in [7, 11) is 5.06. The highest BCUT2D eigenvalue weighted by molar-refractivity contribution is 5.76. The SMILES string of the molecule is CNCCNC(=O)CCc1ccc(OC)c(OC)c1. The Hall–Kier alpha value is -1.75. The zero-order valence-electron chi connectivity index (χ0n) is 11.8. The van der Waals surface area contributed by atoms with Gasteiger partial charge in [-0.25, -0.2) is 0 Å². The molecule has 19 heavy (non-hydrogen) atoms. The van der Waals surface area contributed by atoms with Gasteiger partial charge in [-0.3, -0.25) is 4.79 Å². The maximum atomic E-state index is 11.6. The fraction of sp³-hybridized carbons (Fsp3) is 0.500. The van der Waals surface area contributed by atoms with E-state index in [-0.39, 0.29) is 5.91 Å². The molecule has 5 heteroatoms. The number of amides is 1. The van der Waals surface area contributed by atoms with E-state index in [2.05, 4.69) is 10.6 Å². The second kappa shape index (κ2) is 8.37. The third-order valence-electron chi connectivity index (χ3n) is 2.79. The Kier molecular flexibility index (Phi) is 6.74. The van der Waals surface area contributed by atoms with Crippen LogP contribution in [-0.4, -0.2) is 40.3 Å². The van der Waals surface area contributed by atoms with Gasteiger partial charge in [-0.2, -0.15) is 0 Å². The van der Waals surface area contributed by atoms with Crippen molar-refractivity contribution in [1.82, 2.24) is 10.6 Å². The van der Waals surface area contributed by atoms with Crippen LogP contribution in [0.3, 0.4) is 0 Å². The van der Waals surface area contributed by atoms with Crippen LogP contribution in [0.5, 0.6) is 11.5 Å². The molecule has 0 fully saturated rings. The van der Waals surface area contributed by atoms with Gasteiger partial charge < -0.3 is 20.1 Å². The number of hydrogen-bond donors (Lipinski definition) is 2. The number of aryl methyl sites for hydroxylation is 1. The molecule has 0 aliphatic heterocycles. The Bertz CT molecular complexity index is 408. The minimum atomic E-state index is 0.0602. The van der Waals surface area contributed by atoms with Gasteiger partial charge in [0.05, 0.1) is 14.2 Å². The fourth-order valence-electron chi connectivity index (χ4n) is 1.71. The summed E-state index contributed by atoms with van der Waals surface area (Å²) in [5, 5.41) is 5.83. The third-order valence-corrected chi connectivity index (χ3v) is 2.79.